The number of carboxylic acids is 1. The number of imide groups is 1. The lowest BCUT2D eigenvalue weighted by Gasteiger charge is -2.18. The summed E-state index contributed by atoms with van der Waals surface area (Å²) in [4.78, 5) is 52.2. The molecule has 2 aromatic rings. The fraction of sp³-hybridized carbons (Fsp3) is 0.227. The smallest absolute Gasteiger partial charge is 0.480 e. The third-order valence-electron chi connectivity index (χ3n) is 5.03. The molecule has 166 valence electrons. The van der Waals surface area contributed by atoms with Gasteiger partial charge in [0.05, 0.1) is 13.8 Å². The van der Waals surface area contributed by atoms with Gasteiger partial charge < -0.3 is 5.11 Å². The third-order valence-corrected chi connectivity index (χ3v) is 5.27. The Labute approximate surface area is 188 Å². The molecule has 2 aromatic carbocycles. The zero-order chi connectivity index (χ0) is 23.6. The SMILES string of the molecule is C=[N+](C)C(=O)N(CCc1ccccc1F)C(=O)C1C(=O)N(CC(=O)O)c2ccc(Cl)cc21. The van der Waals surface area contributed by atoms with Crippen LogP contribution < -0.4 is 4.90 Å². The number of urea groups is 1. The zero-order valence-electron chi connectivity index (χ0n) is 17.1. The number of fused-ring (bicyclic) bond motifs is 1. The van der Waals surface area contributed by atoms with Crippen LogP contribution in [-0.4, -0.2) is 65.3 Å². The summed E-state index contributed by atoms with van der Waals surface area (Å²) in [5, 5.41) is 9.42. The van der Waals surface area contributed by atoms with Crippen LogP contribution in [0.5, 0.6) is 0 Å². The number of anilines is 1. The summed E-state index contributed by atoms with van der Waals surface area (Å²) in [6.07, 6.45) is 0.0140. The van der Waals surface area contributed by atoms with Crippen molar-refractivity contribution in [2.24, 2.45) is 0 Å². The van der Waals surface area contributed by atoms with Crippen LogP contribution in [0.25, 0.3) is 0 Å². The summed E-state index contributed by atoms with van der Waals surface area (Å²) in [6.45, 7) is 2.63. The highest BCUT2D eigenvalue weighted by molar-refractivity contribution is 6.31. The van der Waals surface area contributed by atoms with Crippen molar-refractivity contribution in [2.75, 3.05) is 25.0 Å². The first-order valence-corrected chi connectivity index (χ1v) is 9.95. The maximum absolute atomic E-state index is 14.0. The Kier molecular flexibility index (Phi) is 6.69. The molecule has 1 atom stereocenters. The van der Waals surface area contributed by atoms with Crippen LogP contribution in [0, 0.1) is 5.82 Å². The van der Waals surface area contributed by atoms with Crippen molar-refractivity contribution in [3.05, 3.63) is 64.4 Å². The second-order valence-electron chi connectivity index (χ2n) is 7.27. The molecular formula is C22H20ClFN3O5+. The van der Waals surface area contributed by atoms with Crippen LogP contribution in [0.15, 0.2) is 42.5 Å². The normalized spacial score (nSPS) is 14.8. The minimum atomic E-state index is -1.47. The van der Waals surface area contributed by atoms with Gasteiger partial charge in [-0.2, -0.15) is 9.69 Å². The van der Waals surface area contributed by atoms with E-state index >= 15 is 0 Å². The topological polar surface area (TPSA) is 98.0 Å². The van der Waals surface area contributed by atoms with Crippen LogP contribution in [-0.2, 0) is 20.8 Å². The molecule has 32 heavy (non-hydrogen) atoms. The Balaban J connectivity index is 1.98. The van der Waals surface area contributed by atoms with Crippen LogP contribution in [0.2, 0.25) is 5.02 Å². The number of nitrogens with zero attached hydrogens (tertiary/aromatic N) is 3. The van der Waals surface area contributed by atoms with Crippen molar-refractivity contribution < 1.29 is 33.3 Å². The summed E-state index contributed by atoms with van der Waals surface area (Å²) in [5.74, 6) is -4.88. The minimum Gasteiger partial charge on any atom is -0.480 e. The van der Waals surface area contributed by atoms with Crippen LogP contribution in [0.1, 0.15) is 17.0 Å². The maximum atomic E-state index is 14.0. The third kappa shape index (κ3) is 4.52. The second-order valence-corrected chi connectivity index (χ2v) is 7.70. The van der Waals surface area contributed by atoms with Crippen LogP contribution >= 0.6 is 11.6 Å². The van der Waals surface area contributed by atoms with E-state index in [4.69, 9.17) is 11.6 Å². The van der Waals surface area contributed by atoms with Crippen molar-refractivity contribution in [1.29, 1.82) is 0 Å². The molecule has 8 nitrogen and oxygen atoms in total. The fourth-order valence-corrected chi connectivity index (χ4v) is 3.72. The highest BCUT2D eigenvalue weighted by Crippen LogP contribution is 2.40. The summed E-state index contributed by atoms with van der Waals surface area (Å²) in [6, 6.07) is 9.46. The average molecular weight is 461 g/mol. The summed E-state index contributed by atoms with van der Waals surface area (Å²) >= 11 is 6.05. The fourth-order valence-electron chi connectivity index (χ4n) is 3.54. The molecule has 1 N–H and O–H groups in total. The lowest BCUT2D eigenvalue weighted by atomic mass is 9.99. The second kappa shape index (κ2) is 9.27. The highest BCUT2D eigenvalue weighted by atomic mass is 35.5. The highest BCUT2D eigenvalue weighted by Gasteiger charge is 2.48. The minimum absolute atomic E-state index is 0.0140. The number of amides is 4. The van der Waals surface area contributed by atoms with Gasteiger partial charge >= 0.3 is 17.9 Å². The Morgan fingerprint density at radius 1 is 1.25 bits per heavy atom. The molecule has 0 fully saturated rings. The predicted octanol–water partition coefficient (Wildman–Crippen LogP) is 2.53. The van der Waals surface area contributed by atoms with Crippen molar-refractivity contribution in [2.45, 2.75) is 12.3 Å². The number of aliphatic carboxylic acids is 1. The monoisotopic (exact) mass is 460 g/mol. The van der Waals surface area contributed by atoms with Crippen molar-refractivity contribution >= 4 is 47.8 Å². The van der Waals surface area contributed by atoms with Gasteiger partial charge in [0.15, 0.2) is 5.92 Å². The number of benzene rings is 2. The first kappa shape index (κ1) is 23.1. The molecule has 0 bridgehead atoms. The van der Waals surface area contributed by atoms with E-state index in [1.807, 2.05) is 0 Å². The van der Waals surface area contributed by atoms with Gasteiger partial charge in [0.2, 0.25) is 5.91 Å². The van der Waals surface area contributed by atoms with E-state index in [1.54, 1.807) is 6.07 Å². The summed E-state index contributed by atoms with van der Waals surface area (Å²) in [5.41, 5.74) is 0.715. The number of rotatable bonds is 6. The van der Waals surface area contributed by atoms with Gasteiger partial charge in [0.1, 0.15) is 18.9 Å². The van der Waals surface area contributed by atoms with Crippen LogP contribution in [0.4, 0.5) is 14.9 Å². The number of halogens is 2. The van der Waals surface area contributed by atoms with E-state index in [1.165, 1.54) is 43.4 Å². The molecule has 1 aliphatic heterocycles. The average Bonchev–Trinajstić information content (AvgIpc) is 2.99. The van der Waals surface area contributed by atoms with E-state index in [0.717, 1.165) is 14.4 Å². The zero-order valence-corrected chi connectivity index (χ0v) is 17.9. The lowest BCUT2D eigenvalue weighted by molar-refractivity contribution is -0.391. The molecule has 1 aliphatic rings. The number of hydrogen-bond acceptors (Lipinski definition) is 4. The molecule has 0 spiro atoms. The number of hydrogen-bond donors (Lipinski definition) is 1. The molecule has 0 saturated carbocycles. The molecular weight excluding hydrogens is 441 g/mol. The van der Waals surface area contributed by atoms with Gasteiger partial charge in [0, 0.05) is 22.7 Å². The first-order valence-electron chi connectivity index (χ1n) is 9.57. The van der Waals surface area contributed by atoms with Gasteiger partial charge in [-0.1, -0.05) is 29.8 Å². The Morgan fingerprint density at radius 2 is 1.94 bits per heavy atom. The molecule has 1 heterocycles. The number of carbonyl (C=O) groups is 4. The van der Waals surface area contributed by atoms with Gasteiger partial charge in [-0.25, -0.2) is 13.8 Å². The van der Waals surface area contributed by atoms with Gasteiger partial charge in [0.25, 0.3) is 0 Å². The van der Waals surface area contributed by atoms with Crippen molar-refractivity contribution in [3.63, 3.8) is 0 Å². The number of carbonyl (C=O) groups excluding carboxylic acids is 3. The van der Waals surface area contributed by atoms with E-state index in [0.29, 0.717) is 5.56 Å². The lowest BCUT2D eigenvalue weighted by Crippen LogP contribution is -2.47. The molecule has 1 unspecified atom stereocenters. The number of carboxylic acid groups (broad SMARTS) is 1. The van der Waals surface area contributed by atoms with E-state index in [-0.39, 0.29) is 29.2 Å². The molecule has 10 heteroatoms. The Hall–Kier alpha value is -3.59. The van der Waals surface area contributed by atoms with E-state index in [9.17, 15) is 28.7 Å². The quantitative estimate of drug-likeness (QED) is 0.406. The van der Waals surface area contributed by atoms with Gasteiger partial charge in [-0.15, -0.1) is 0 Å². The Bertz CT molecular complexity index is 1140. The maximum Gasteiger partial charge on any atom is 0.499 e. The predicted molar refractivity (Wildman–Crippen MR) is 115 cm³/mol. The molecule has 0 radical (unpaired) electrons. The van der Waals surface area contributed by atoms with E-state index in [2.05, 4.69) is 6.72 Å². The molecule has 4 amide bonds. The largest absolute Gasteiger partial charge is 0.499 e. The first-order chi connectivity index (χ1) is 15.1. The molecule has 0 saturated heterocycles. The van der Waals surface area contributed by atoms with E-state index < -0.39 is 42.1 Å². The van der Waals surface area contributed by atoms with Crippen molar-refractivity contribution in [1.82, 2.24) is 4.90 Å². The molecule has 3 rings (SSSR count). The molecule has 0 aromatic heterocycles. The van der Waals surface area contributed by atoms with Gasteiger partial charge in [-0.05, 0) is 29.8 Å². The summed E-state index contributed by atoms with van der Waals surface area (Å²) in [7, 11) is 1.34. The van der Waals surface area contributed by atoms with Crippen LogP contribution in [0.3, 0.4) is 0 Å². The molecule has 0 aliphatic carbocycles. The van der Waals surface area contributed by atoms with Gasteiger partial charge in [-0.3, -0.25) is 14.5 Å². The summed E-state index contributed by atoms with van der Waals surface area (Å²) < 4.78 is 15.0. The van der Waals surface area contributed by atoms with Crippen molar-refractivity contribution in [3.8, 4) is 0 Å². The Morgan fingerprint density at radius 3 is 2.56 bits per heavy atom. The standard InChI is InChI=1S/C22H19ClFN3O5/c1-25(2)22(32)26(10-9-13-5-3-4-6-16(13)24)20(30)19-15-11-14(23)7-8-17(15)27(21(19)31)12-18(28)29/h3-8,11,19H,1,9-10,12H2,2H3/p+1.